The Bertz CT molecular complexity index is 520. The van der Waals surface area contributed by atoms with Gasteiger partial charge in [-0.3, -0.25) is 10.1 Å². The van der Waals surface area contributed by atoms with Crippen molar-refractivity contribution in [2.45, 2.75) is 29.7 Å². The van der Waals surface area contributed by atoms with Gasteiger partial charge in [-0.15, -0.1) is 12.6 Å². The van der Waals surface area contributed by atoms with Crippen LogP contribution in [0.2, 0.25) is 5.28 Å². The standard InChI is InChI=1S/C8H13N3O2.C4H3ClN2S/c9-4-5-1-2-8(3-5)6(12)10-7(13)11-8;5-4-6-1-3(8)2-7-4/h5H,1-4,9H2,(H2,10,11,12,13);1-2,8H. The highest BCUT2D eigenvalue weighted by atomic mass is 35.5. The van der Waals surface area contributed by atoms with Gasteiger partial charge in [-0.2, -0.15) is 0 Å². The number of imide groups is 1. The zero-order chi connectivity index (χ0) is 15.5. The van der Waals surface area contributed by atoms with Gasteiger partial charge in [0.15, 0.2) is 0 Å². The van der Waals surface area contributed by atoms with E-state index in [1.807, 2.05) is 0 Å². The summed E-state index contributed by atoms with van der Waals surface area (Å²) in [4.78, 5) is 30.4. The van der Waals surface area contributed by atoms with Gasteiger partial charge in [0.1, 0.15) is 5.54 Å². The highest BCUT2D eigenvalue weighted by Gasteiger charge is 2.50. The number of nitrogens with zero attached hydrogens (tertiary/aromatic N) is 2. The summed E-state index contributed by atoms with van der Waals surface area (Å²) >= 11 is 9.30. The number of thiol groups is 1. The third-order valence-electron chi connectivity index (χ3n) is 3.57. The van der Waals surface area contributed by atoms with E-state index in [0.717, 1.165) is 11.3 Å². The van der Waals surface area contributed by atoms with Crippen LogP contribution in [0.25, 0.3) is 0 Å². The molecule has 2 unspecified atom stereocenters. The summed E-state index contributed by atoms with van der Waals surface area (Å²) in [5, 5.41) is 5.21. The Labute approximate surface area is 132 Å². The lowest BCUT2D eigenvalue weighted by atomic mass is 9.96. The minimum absolute atomic E-state index is 0.187. The van der Waals surface area contributed by atoms with E-state index in [1.54, 1.807) is 12.4 Å². The van der Waals surface area contributed by atoms with Crippen molar-refractivity contribution in [1.82, 2.24) is 20.6 Å². The number of nitrogens with one attached hydrogen (secondary N) is 2. The highest BCUT2D eigenvalue weighted by Crippen LogP contribution is 2.35. The van der Waals surface area contributed by atoms with Crippen LogP contribution in [0.3, 0.4) is 0 Å². The maximum absolute atomic E-state index is 11.4. The Kier molecular flexibility index (Phi) is 5.02. The number of rotatable bonds is 1. The lowest BCUT2D eigenvalue weighted by molar-refractivity contribution is -0.123. The van der Waals surface area contributed by atoms with Gasteiger partial charge in [0, 0.05) is 17.3 Å². The van der Waals surface area contributed by atoms with Crippen molar-refractivity contribution in [3.05, 3.63) is 17.7 Å². The van der Waals surface area contributed by atoms with Crippen molar-refractivity contribution in [1.29, 1.82) is 0 Å². The molecule has 1 saturated heterocycles. The van der Waals surface area contributed by atoms with Crippen molar-refractivity contribution in [3.8, 4) is 0 Å². The number of hydrogen-bond acceptors (Lipinski definition) is 6. The van der Waals surface area contributed by atoms with Gasteiger partial charge in [-0.1, -0.05) is 0 Å². The summed E-state index contributed by atoms with van der Waals surface area (Å²) in [5.74, 6) is 0.178. The van der Waals surface area contributed by atoms with Crippen LogP contribution in [0.15, 0.2) is 17.3 Å². The van der Waals surface area contributed by atoms with Crippen molar-refractivity contribution in [2.24, 2.45) is 11.7 Å². The summed E-state index contributed by atoms with van der Waals surface area (Å²) in [6.07, 6.45) is 5.40. The van der Waals surface area contributed by atoms with Crippen LogP contribution in [-0.4, -0.2) is 34.0 Å². The van der Waals surface area contributed by atoms with Crippen molar-refractivity contribution in [2.75, 3.05) is 6.54 Å². The average molecular weight is 330 g/mol. The molecule has 0 bridgehead atoms. The van der Waals surface area contributed by atoms with Crippen LogP contribution < -0.4 is 16.4 Å². The normalized spacial score (nSPS) is 27.1. The fraction of sp³-hybridized carbons (Fsp3) is 0.500. The molecule has 4 N–H and O–H groups in total. The second kappa shape index (κ2) is 6.59. The molecule has 2 aliphatic rings. The molecular weight excluding hydrogens is 314 g/mol. The first-order chi connectivity index (χ1) is 9.95. The van der Waals surface area contributed by atoms with Gasteiger partial charge >= 0.3 is 6.03 Å². The predicted octanol–water partition coefficient (Wildman–Crippen LogP) is 0.742. The number of nitrogens with two attached hydrogens (primary N) is 1. The summed E-state index contributed by atoms with van der Waals surface area (Å²) in [7, 11) is 0. The first kappa shape index (κ1) is 16.0. The van der Waals surface area contributed by atoms with Crippen LogP contribution in [-0.2, 0) is 4.79 Å². The third kappa shape index (κ3) is 3.84. The number of carbonyl (C=O) groups is 2. The topological polar surface area (TPSA) is 110 Å². The molecule has 21 heavy (non-hydrogen) atoms. The molecular formula is C12H16ClN5O2S. The molecule has 0 aromatic carbocycles. The molecule has 114 valence electrons. The average Bonchev–Trinajstić information content (AvgIpc) is 2.98. The molecule has 2 heterocycles. The van der Waals surface area contributed by atoms with E-state index < -0.39 is 5.54 Å². The second-order valence-corrected chi connectivity index (χ2v) is 5.90. The van der Waals surface area contributed by atoms with E-state index in [1.165, 1.54) is 0 Å². The Morgan fingerprint density at radius 2 is 2.10 bits per heavy atom. The molecule has 1 aromatic heterocycles. The molecule has 1 aromatic rings. The molecule has 1 saturated carbocycles. The van der Waals surface area contributed by atoms with Gasteiger partial charge in [0.05, 0.1) is 0 Å². The second-order valence-electron chi connectivity index (χ2n) is 5.05. The minimum Gasteiger partial charge on any atom is -0.330 e. The van der Waals surface area contributed by atoms with Crippen molar-refractivity contribution in [3.63, 3.8) is 0 Å². The number of hydrogen-bond donors (Lipinski definition) is 4. The highest BCUT2D eigenvalue weighted by molar-refractivity contribution is 7.80. The quantitative estimate of drug-likeness (QED) is 0.345. The Morgan fingerprint density at radius 3 is 2.52 bits per heavy atom. The molecule has 9 heteroatoms. The lowest BCUT2D eigenvalue weighted by Gasteiger charge is -2.19. The van der Waals surface area contributed by atoms with Crippen molar-refractivity contribution < 1.29 is 9.59 Å². The lowest BCUT2D eigenvalue weighted by Crippen LogP contribution is -2.44. The van der Waals surface area contributed by atoms with Crippen LogP contribution in [0.1, 0.15) is 19.3 Å². The fourth-order valence-electron chi connectivity index (χ4n) is 2.50. The van der Waals surface area contributed by atoms with Crippen LogP contribution in [0.5, 0.6) is 0 Å². The van der Waals surface area contributed by atoms with E-state index in [9.17, 15) is 9.59 Å². The molecule has 3 rings (SSSR count). The van der Waals surface area contributed by atoms with Gasteiger partial charge < -0.3 is 11.1 Å². The third-order valence-corrected chi connectivity index (χ3v) is 4.00. The number of urea groups is 1. The smallest absolute Gasteiger partial charge is 0.322 e. The molecule has 2 fully saturated rings. The van der Waals surface area contributed by atoms with Gasteiger partial charge in [-0.25, -0.2) is 14.8 Å². The first-order valence-corrected chi connectivity index (χ1v) is 7.28. The minimum atomic E-state index is -0.638. The Hall–Kier alpha value is -1.38. The van der Waals surface area contributed by atoms with Gasteiger partial charge in [-0.05, 0) is 43.3 Å². The van der Waals surface area contributed by atoms with Crippen LogP contribution >= 0.6 is 24.2 Å². The van der Waals surface area contributed by atoms with Gasteiger partial charge in [0.25, 0.3) is 5.91 Å². The largest absolute Gasteiger partial charge is 0.330 e. The van der Waals surface area contributed by atoms with E-state index in [4.69, 9.17) is 17.3 Å². The monoisotopic (exact) mass is 329 g/mol. The maximum atomic E-state index is 11.4. The van der Waals surface area contributed by atoms with Crippen LogP contribution in [0.4, 0.5) is 4.79 Å². The number of amides is 3. The molecule has 2 atom stereocenters. The maximum Gasteiger partial charge on any atom is 0.322 e. The summed E-state index contributed by atoms with van der Waals surface area (Å²) in [6, 6.07) is -0.373. The van der Waals surface area contributed by atoms with E-state index in [2.05, 4.69) is 33.2 Å². The summed E-state index contributed by atoms with van der Waals surface area (Å²) in [5.41, 5.74) is 4.88. The SMILES string of the molecule is NCC1CCC2(C1)NC(=O)NC2=O.Sc1cnc(Cl)nc1. The summed E-state index contributed by atoms with van der Waals surface area (Å²) in [6.45, 7) is 0.588. The molecule has 7 nitrogen and oxygen atoms in total. The Balaban J connectivity index is 0.000000173. The molecule has 1 aliphatic heterocycles. The predicted molar refractivity (Wildman–Crippen MR) is 80.1 cm³/mol. The molecule has 0 radical (unpaired) electrons. The van der Waals surface area contributed by atoms with E-state index in [-0.39, 0.29) is 17.2 Å². The first-order valence-electron chi connectivity index (χ1n) is 6.45. The number of aromatic nitrogens is 2. The summed E-state index contributed by atoms with van der Waals surface area (Å²) < 4.78 is 0. The molecule has 1 spiro atoms. The molecule has 3 amide bonds. The molecule has 1 aliphatic carbocycles. The Morgan fingerprint density at radius 1 is 1.43 bits per heavy atom. The van der Waals surface area contributed by atoms with E-state index >= 15 is 0 Å². The van der Waals surface area contributed by atoms with Gasteiger partial charge in [0.2, 0.25) is 5.28 Å². The van der Waals surface area contributed by atoms with E-state index in [0.29, 0.717) is 25.3 Å². The number of halogens is 1. The zero-order valence-corrected chi connectivity index (χ0v) is 12.8. The van der Waals surface area contributed by atoms with Crippen LogP contribution in [0, 0.1) is 5.92 Å². The number of carbonyl (C=O) groups excluding carboxylic acids is 2. The fourth-order valence-corrected chi connectivity index (χ4v) is 2.72. The zero-order valence-electron chi connectivity index (χ0n) is 11.2. The van der Waals surface area contributed by atoms with Crippen molar-refractivity contribution >= 4 is 36.2 Å².